The number of carboxylic acid groups (broad SMARTS) is 1. The predicted molar refractivity (Wildman–Crippen MR) is 51.1 cm³/mol. The minimum Gasteiger partial charge on any atom is -0.497 e. The Labute approximate surface area is 82.1 Å². The Hall–Kier alpha value is -1.71. The zero-order valence-corrected chi connectivity index (χ0v) is 8.11. The number of hydrogen-bond acceptors (Lipinski definition) is 3. The predicted octanol–water partition coefficient (Wildman–Crippen LogP) is 1.79. The van der Waals surface area contributed by atoms with Crippen molar-refractivity contribution in [2.24, 2.45) is 0 Å². The van der Waals surface area contributed by atoms with Gasteiger partial charge in [-0.25, -0.2) is 4.79 Å². The van der Waals surface area contributed by atoms with E-state index in [1.165, 1.54) is 13.2 Å². The second kappa shape index (κ2) is 4.50. The lowest BCUT2D eigenvalue weighted by Gasteiger charge is -2.08. The highest BCUT2D eigenvalue weighted by atomic mass is 16.5. The number of benzene rings is 1. The van der Waals surface area contributed by atoms with Gasteiger partial charge < -0.3 is 14.6 Å². The Balaban J connectivity index is 3.10. The van der Waals surface area contributed by atoms with Crippen LogP contribution in [0.5, 0.6) is 11.5 Å². The fraction of sp³-hybridized carbons (Fsp3) is 0.300. The Morgan fingerprint density at radius 2 is 2.21 bits per heavy atom. The van der Waals surface area contributed by atoms with E-state index in [0.717, 1.165) is 0 Å². The summed E-state index contributed by atoms with van der Waals surface area (Å²) in [7, 11) is 1.49. The highest BCUT2D eigenvalue weighted by molar-refractivity contribution is 5.91. The van der Waals surface area contributed by atoms with E-state index in [1.54, 1.807) is 19.1 Å². The molecular weight excluding hydrogens is 184 g/mol. The molecule has 0 aromatic heterocycles. The molecule has 1 aromatic rings. The molecule has 0 heterocycles. The number of carboxylic acids is 1. The lowest BCUT2D eigenvalue weighted by atomic mass is 10.2. The van der Waals surface area contributed by atoms with Crippen molar-refractivity contribution in [2.45, 2.75) is 6.92 Å². The Morgan fingerprint density at radius 3 is 2.71 bits per heavy atom. The molecule has 1 N–H and O–H groups in total. The molecule has 76 valence electrons. The largest absolute Gasteiger partial charge is 0.497 e. The Kier molecular flexibility index (Phi) is 3.34. The molecule has 4 nitrogen and oxygen atoms in total. The van der Waals surface area contributed by atoms with E-state index in [2.05, 4.69) is 0 Å². The molecule has 0 aliphatic heterocycles. The van der Waals surface area contributed by atoms with Crippen molar-refractivity contribution < 1.29 is 19.4 Å². The highest BCUT2D eigenvalue weighted by Gasteiger charge is 2.11. The third kappa shape index (κ3) is 2.16. The third-order valence-corrected chi connectivity index (χ3v) is 1.72. The topological polar surface area (TPSA) is 55.8 Å². The molecule has 1 aromatic carbocycles. The van der Waals surface area contributed by atoms with Crippen LogP contribution in [0.3, 0.4) is 0 Å². The van der Waals surface area contributed by atoms with Gasteiger partial charge in [-0.05, 0) is 25.1 Å². The van der Waals surface area contributed by atoms with E-state index in [1.807, 2.05) is 0 Å². The number of hydrogen-bond donors (Lipinski definition) is 1. The molecule has 0 fully saturated rings. The maximum atomic E-state index is 10.8. The van der Waals surface area contributed by atoms with Crippen LogP contribution in [0.4, 0.5) is 0 Å². The summed E-state index contributed by atoms with van der Waals surface area (Å²) in [5.41, 5.74) is 0.117. The fourth-order valence-electron chi connectivity index (χ4n) is 1.08. The van der Waals surface area contributed by atoms with Crippen molar-refractivity contribution >= 4 is 5.97 Å². The van der Waals surface area contributed by atoms with Gasteiger partial charge in [0.1, 0.15) is 17.1 Å². The Bertz CT molecular complexity index is 333. The van der Waals surface area contributed by atoms with Crippen molar-refractivity contribution in [1.82, 2.24) is 0 Å². The van der Waals surface area contributed by atoms with Gasteiger partial charge in [-0.1, -0.05) is 0 Å². The maximum Gasteiger partial charge on any atom is 0.339 e. The van der Waals surface area contributed by atoms with Crippen LogP contribution in [0.1, 0.15) is 17.3 Å². The van der Waals surface area contributed by atoms with Crippen LogP contribution in [0, 0.1) is 0 Å². The van der Waals surface area contributed by atoms with Crippen LogP contribution in [-0.4, -0.2) is 24.8 Å². The smallest absolute Gasteiger partial charge is 0.339 e. The summed E-state index contributed by atoms with van der Waals surface area (Å²) in [5.74, 6) is -0.154. The molecule has 0 saturated carbocycles. The molecule has 0 bridgehead atoms. The Morgan fingerprint density at radius 1 is 1.50 bits per heavy atom. The number of aromatic carboxylic acids is 1. The third-order valence-electron chi connectivity index (χ3n) is 1.72. The van der Waals surface area contributed by atoms with Gasteiger partial charge in [0, 0.05) is 0 Å². The SMILES string of the molecule is CCOc1ccc(OC)cc1C(=O)O. The number of methoxy groups -OCH3 is 1. The van der Waals surface area contributed by atoms with E-state index in [9.17, 15) is 4.79 Å². The number of rotatable bonds is 4. The minimum absolute atomic E-state index is 0.117. The first-order valence-corrected chi connectivity index (χ1v) is 4.23. The summed E-state index contributed by atoms with van der Waals surface area (Å²) in [6.07, 6.45) is 0. The second-order valence-electron chi connectivity index (χ2n) is 2.60. The van der Waals surface area contributed by atoms with Gasteiger partial charge in [-0.2, -0.15) is 0 Å². The van der Waals surface area contributed by atoms with Crippen LogP contribution in [-0.2, 0) is 0 Å². The molecule has 4 heteroatoms. The monoisotopic (exact) mass is 196 g/mol. The fourth-order valence-corrected chi connectivity index (χ4v) is 1.08. The van der Waals surface area contributed by atoms with Crippen LogP contribution in [0.15, 0.2) is 18.2 Å². The van der Waals surface area contributed by atoms with Crippen LogP contribution in [0.25, 0.3) is 0 Å². The van der Waals surface area contributed by atoms with Crippen LogP contribution in [0.2, 0.25) is 0 Å². The van der Waals surface area contributed by atoms with Gasteiger partial charge in [-0.3, -0.25) is 0 Å². The van der Waals surface area contributed by atoms with Crippen molar-refractivity contribution in [1.29, 1.82) is 0 Å². The van der Waals surface area contributed by atoms with Gasteiger partial charge in [0.2, 0.25) is 0 Å². The summed E-state index contributed by atoms with van der Waals surface area (Å²) >= 11 is 0. The summed E-state index contributed by atoms with van der Waals surface area (Å²) in [6.45, 7) is 2.24. The normalized spacial score (nSPS) is 9.57. The quantitative estimate of drug-likeness (QED) is 0.797. The van der Waals surface area contributed by atoms with Crippen molar-refractivity contribution in [2.75, 3.05) is 13.7 Å². The molecule has 0 spiro atoms. The van der Waals surface area contributed by atoms with Gasteiger partial charge in [0.25, 0.3) is 0 Å². The molecule has 14 heavy (non-hydrogen) atoms. The van der Waals surface area contributed by atoms with Gasteiger partial charge in [0.15, 0.2) is 0 Å². The standard InChI is InChI=1S/C10H12O4/c1-3-14-9-5-4-7(13-2)6-8(9)10(11)12/h4-6H,3H2,1-2H3,(H,11,12). The van der Waals surface area contributed by atoms with E-state index in [-0.39, 0.29) is 5.56 Å². The average Bonchev–Trinajstić information content (AvgIpc) is 2.18. The summed E-state index contributed by atoms with van der Waals surface area (Å²) in [6, 6.07) is 4.69. The first kappa shape index (κ1) is 10.4. The molecule has 0 amide bonds. The van der Waals surface area contributed by atoms with E-state index in [4.69, 9.17) is 14.6 Å². The molecular formula is C10H12O4. The van der Waals surface area contributed by atoms with Crippen molar-refractivity contribution in [3.8, 4) is 11.5 Å². The lowest BCUT2D eigenvalue weighted by Crippen LogP contribution is -2.03. The summed E-state index contributed by atoms with van der Waals surface area (Å²) in [4.78, 5) is 10.8. The van der Waals surface area contributed by atoms with E-state index < -0.39 is 5.97 Å². The zero-order valence-electron chi connectivity index (χ0n) is 8.11. The molecule has 0 radical (unpaired) electrons. The first-order valence-electron chi connectivity index (χ1n) is 4.23. The second-order valence-corrected chi connectivity index (χ2v) is 2.60. The first-order chi connectivity index (χ1) is 6.69. The minimum atomic E-state index is -1.02. The number of carbonyl (C=O) groups is 1. The molecule has 0 unspecified atom stereocenters. The lowest BCUT2D eigenvalue weighted by molar-refractivity contribution is 0.0692. The molecule has 1 rings (SSSR count). The van der Waals surface area contributed by atoms with Crippen molar-refractivity contribution in [3.05, 3.63) is 23.8 Å². The molecule has 0 aliphatic rings. The molecule has 0 aliphatic carbocycles. The van der Waals surface area contributed by atoms with E-state index >= 15 is 0 Å². The van der Waals surface area contributed by atoms with Crippen molar-refractivity contribution in [3.63, 3.8) is 0 Å². The number of ether oxygens (including phenoxy) is 2. The summed E-state index contributed by atoms with van der Waals surface area (Å²) < 4.78 is 10.1. The highest BCUT2D eigenvalue weighted by Crippen LogP contribution is 2.23. The maximum absolute atomic E-state index is 10.8. The van der Waals surface area contributed by atoms with Gasteiger partial charge in [0.05, 0.1) is 13.7 Å². The van der Waals surface area contributed by atoms with Crippen LogP contribution >= 0.6 is 0 Å². The van der Waals surface area contributed by atoms with Gasteiger partial charge in [-0.15, -0.1) is 0 Å². The molecule has 0 atom stereocenters. The zero-order chi connectivity index (χ0) is 10.6. The molecule has 0 saturated heterocycles. The average molecular weight is 196 g/mol. The van der Waals surface area contributed by atoms with Gasteiger partial charge >= 0.3 is 5.97 Å². The summed E-state index contributed by atoms with van der Waals surface area (Å²) in [5, 5.41) is 8.88. The van der Waals surface area contributed by atoms with Crippen LogP contribution < -0.4 is 9.47 Å². The van der Waals surface area contributed by atoms with E-state index in [0.29, 0.717) is 18.1 Å².